The van der Waals surface area contributed by atoms with Crippen LogP contribution in [-0.2, 0) is 0 Å². The summed E-state index contributed by atoms with van der Waals surface area (Å²) in [4.78, 5) is 17.1. The third-order valence-corrected chi connectivity index (χ3v) is 3.15. The fourth-order valence-electron chi connectivity index (χ4n) is 1.91. The molecule has 0 fully saturated rings. The molecule has 7 nitrogen and oxygen atoms in total. The Morgan fingerprint density at radius 1 is 1.00 bits per heavy atom. The summed E-state index contributed by atoms with van der Waals surface area (Å²) in [6.45, 7) is 6.12. The van der Waals surface area contributed by atoms with Gasteiger partial charge in [-0.25, -0.2) is 9.97 Å². The summed E-state index contributed by atoms with van der Waals surface area (Å²) in [6, 6.07) is 0. The lowest BCUT2D eigenvalue weighted by Crippen LogP contribution is -2.27. The summed E-state index contributed by atoms with van der Waals surface area (Å²) in [5, 5.41) is 3.75. The Kier molecular flexibility index (Phi) is 3.58. The van der Waals surface area contributed by atoms with Gasteiger partial charge in [0.25, 0.3) is 0 Å². The third kappa shape index (κ3) is 2.94. The molecule has 3 aromatic heterocycles. The molecule has 0 atom stereocenters. The van der Waals surface area contributed by atoms with Crippen LogP contribution in [0.2, 0.25) is 5.02 Å². The van der Waals surface area contributed by atoms with Gasteiger partial charge in [-0.3, -0.25) is 9.13 Å². The van der Waals surface area contributed by atoms with Crippen molar-refractivity contribution in [1.29, 1.82) is 0 Å². The van der Waals surface area contributed by atoms with Gasteiger partial charge in [-0.1, -0.05) is 11.6 Å². The van der Waals surface area contributed by atoms with Gasteiger partial charge >= 0.3 is 0 Å². The second-order valence-corrected chi connectivity index (χ2v) is 6.20. The predicted molar refractivity (Wildman–Crippen MR) is 84.7 cm³/mol. The molecular formula is C14H16ClN7. The van der Waals surface area contributed by atoms with E-state index >= 15 is 0 Å². The SMILES string of the molecule is CC(C)(C)Nc1nc(-n2ccnc2)nc(-n2ccnc2)c1Cl. The van der Waals surface area contributed by atoms with Crippen molar-refractivity contribution >= 4 is 17.4 Å². The number of nitrogens with zero attached hydrogens (tertiary/aromatic N) is 6. The van der Waals surface area contributed by atoms with Crippen LogP contribution in [0.4, 0.5) is 5.82 Å². The van der Waals surface area contributed by atoms with Crippen molar-refractivity contribution < 1.29 is 0 Å². The number of rotatable bonds is 3. The molecule has 0 aliphatic heterocycles. The maximum atomic E-state index is 6.48. The fraction of sp³-hybridized carbons (Fsp3) is 0.286. The van der Waals surface area contributed by atoms with E-state index in [1.165, 1.54) is 0 Å². The van der Waals surface area contributed by atoms with Crippen molar-refractivity contribution in [3.8, 4) is 11.8 Å². The highest BCUT2D eigenvalue weighted by molar-refractivity contribution is 6.34. The molecule has 0 aliphatic carbocycles. The number of halogens is 1. The summed E-state index contributed by atoms with van der Waals surface area (Å²) < 4.78 is 3.48. The molecule has 8 heteroatoms. The second-order valence-electron chi connectivity index (χ2n) is 5.82. The lowest BCUT2D eigenvalue weighted by molar-refractivity contribution is 0.629. The van der Waals surface area contributed by atoms with Gasteiger partial charge in [0.05, 0.1) is 0 Å². The molecule has 3 aromatic rings. The van der Waals surface area contributed by atoms with Gasteiger partial charge in [0, 0.05) is 30.3 Å². The normalized spacial score (nSPS) is 11.6. The van der Waals surface area contributed by atoms with Crippen molar-refractivity contribution in [2.24, 2.45) is 0 Å². The minimum absolute atomic E-state index is 0.184. The van der Waals surface area contributed by atoms with E-state index < -0.39 is 0 Å². The van der Waals surface area contributed by atoms with Crippen LogP contribution in [0.3, 0.4) is 0 Å². The minimum atomic E-state index is -0.184. The van der Waals surface area contributed by atoms with Crippen molar-refractivity contribution in [1.82, 2.24) is 29.1 Å². The van der Waals surface area contributed by atoms with Gasteiger partial charge in [0.2, 0.25) is 5.95 Å². The molecule has 0 spiro atoms. The van der Waals surface area contributed by atoms with Crippen molar-refractivity contribution in [2.75, 3.05) is 5.32 Å². The summed E-state index contributed by atoms with van der Waals surface area (Å²) >= 11 is 6.48. The largest absolute Gasteiger partial charge is 0.364 e. The average Bonchev–Trinajstić information content (AvgIpc) is 3.11. The molecule has 0 unspecified atom stereocenters. The van der Waals surface area contributed by atoms with E-state index in [0.717, 1.165) is 0 Å². The monoisotopic (exact) mass is 317 g/mol. The van der Waals surface area contributed by atoms with E-state index in [4.69, 9.17) is 11.6 Å². The Morgan fingerprint density at radius 3 is 2.18 bits per heavy atom. The Morgan fingerprint density at radius 2 is 1.64 bits per heavy atom. The maximum Gasteiger partial charge on any atom is 0.238 e. The molecule has 3 rings (SSSR count). The Bertz CT molecular complexity index is 757. The van der Waals surface area contributed by atoms with Crippen LogP contribution < -0.4 is 5.32 Å². The highest BCUT2D eigenvalue weighted by Crippen LogP contribution is 2.28. The first-order chi connectivity index (χ1) is 10.4. The molecule has 0 saturated heterocycles. The van der Waals surface area contributed by atoms with Crippen LogP contribution >= 0.6 is 11.6 Å². The van der Waals surface area contributed by atoms with Gasteiger partial charge in [0.15, 0.2) is 11.6 Å². The van der Waals surface area contributed by atoms with Crippen LogP contribution in [0.1, 0.15) is 20.8 Å². The summed E-state index contributed by atoms with van der Waals surface area (Å²) in [7, 11) is 0. The fourth-order valence-corrected chi connectivity index (χ4v) is 2.14. The quantitative estimate of drug-likeness (QED) is 0.804. The zero-order valence-electron chi connectivity index (χ0n) is 12.5. The van der Waals surface area contributed by atoms with Crippen LogP contribution in [0.25, 0.3) is 11.8 Å². The van der Waals surface area contributed by atoms with E-state index in [0.29, 0.717) is 22.6 Å². The first-order valence-electron chi connectivity index (χ1n) is 6.76. The molecule has 114 valence electrons. The van der Waals surface area contributed by atoms with Crippen LogP contribution in [0.15, 0.2) is 37.4 Å². The van der Waals surface area contributed by atoms with Gasteiger partial charge in [-0.05, 0) is 20.8 Å². The molecule has 22 heavy (non-hydrogen) atoms. The van der Waals surface area contributed by atoms with E-state index in [-0.39, 0.29) is 5.54 Å². The van der Waals surface area contributed by atoms with Crippen molar-refractivity contribution in [3.05, 3.63) is 42.5 Å². The highest BCUT2D eigenvalue weighted by Gasteiger charge is 2.19. The summed E-state index contributed by atoms with van der Waals surface area (Å²) in [6.07, 6.45) is 10.2. The lowest BCUT2D eigenvalue weighted by Gasteiger charge is -2.23. The molecule has 3 heterocycles. The topological polar surface area (TPSA) is 73.5 Å². The van der Waals surface area contributed by atoms with Crippen LogP contribution in [-0.4, -0.2) is 34.6 Å². The third-order valence-electron chi connectivity index (χ3n) is 2.80. The summed E-state index contributed by atoms with van der Waals surface area (Å²) in [5.74, 6) is 1.61. The van der Waals surface area contributed by atoms with Crippen molar-refractivity contribution in [3.63, 3.8) is 0 Å². The van der Waals surface area contributed by atoms with Gasteiger partial charge in [-0.15, -0.1) is 0 Å². The van der Waals surface area contributed by atoms with Gasteiger partial charge in [-0.2, -0.15) is 9.97 Å². The van der Waals surface area contributed by atoms with Crippen molar-refractivity contribution in [2.45, 2.75) is 26.3 Å². The first kappa shape index (κ1) is 14.5. The Balaban J connectivity index is 2.17. The van der Waals surface area contributed by atoms with Gasteiger partial charge < -0.3 is 5.32 Å². The lowest BCUT2D eigenvalue weighted by atomic mass is 10.1. The molecule has 0 aromatic carbocycles. The predicted octanol–water partition coefficient (Wildman–Crippen LogP) is 2.71. The van der Waals surface area contributed by atoms with E-state index in [9.17, 15) is 0 Å². The molecule has 1 N–H and O–H groups in total. The number of hydrogen-bond acceptors (Lipinski definition) is 5. The molecule has 0 bridgehead atoms. The number of hydrogen-bond donors (Lipinski definition) is 1. The number of nitrogens with one attached hydrogen (secondary N) is 1. The zero-order chi connectivity index (χ0) is 15.7. The van der Waals surface area contributed by atoms with Gasteiger partial charge in [0.1, 0.15) is 17.7 Å². The van der Waals surface area contributed by atoms with Crippen LogP contribution in [0, 0.1) is 0 Å². The number of anilines is 1. The maximum absolute atomic E-state index is 6.48. The minimum Gasteiger partial charge on any atom is -0.364 e. The smallest absolute Gasteiger partial charge is 0.238 e. The first-order valence-corrected chi connectivity index (χ1v) is 7.14. The second kappa shape index (κ2) is 5.42. The van der Waals surface area contributed by atoms with Crippen LogP contribution in [0.5, 0.6) is 0 Å². The number of aromatic nitrogens is 6. The van der Waals surface area contributed by atoms with E-state index in [2.05, 4.69) is 25.3 Å². The zero-order valence-corrected chi connectivity index (χ0v) is 13.3. The molecule has 0 amide bonds. The van der Waals surface area contributed by atoms with E-state index in [1.807, 2.05) is 20.8 Å². The Labute approximate surface area is 133 Å². The molecule has 0 saturated carbocycles. The average molecular weight is 318 g/mol. The standard InChI is InChI=1S/C14H16ClN7/c1-14(2,3)20-11-10(15)12(21-6-4-16-8-21)19-13(18-11)22-7-5-17-9-22/h4-9H,1-3H3,(H,18,19,20). The summed E-state index contributed by atoms with van der Waals surface area (Å²) in [5.41, 5.74) is -0.184. The molecule has 0 radical (unpaired) electrons. The Hall–Kier alpha value is -2.41. The molecular weight excluding hydrogens is 302 g/mol. The highest BCUT2D eigenvalue weighted by atomic mass is 35.5. The number of imidazole rings is 2. The van der Waals surface area contributed by atoms with E-state index in [1.54, 1.807) is 46.6 Å². The molecule has 0 aliphatic rings.